The molecule has 0 unspecified atom stereocenters. The number of pyridine rings is 1. The Hall–Kier alpha value is -2.62. The van der Waals surface area contributed by atoms with Crippen molar-refractivity contribution in [3.05, 3.63) is 60.3 Å². The number of carbonyl (C=O) groups is 1. The van der Waals surface area contributed by atoms with E-state index in [-0.39, 0.29) is 5.91 Å². The number of para-hydroxylation sites is 1. The van der Waals surface area contributed by atoms with Crippen LogP contribution in [0.4, 0.5) is 5.69 Å². The van der Waals surface area contributed by atoms with Gasteiger partial charge in [0, 0.05) is 12.7 Å². The lowest BCUT2D eigenvalue weighted by Gasteiger charge is -2.21. The van der Waals surface area contributed by atoms with Crippen LogP contribution in [0, 0.1) is 0 Å². The van der Waals surface area contributed by atoms with Crippen molar-refractivity contribution in [3.63, 3.8) is 0 Å². The number of anilines is 1. The summed E-state index contributed by atoms with van der Waals surface area (Å²) >= 11 is 0. The zero-order valence-electron chi connectivity index (χ0n) is 11.2. The van der Waals surface area contributed by atoms with Gasteiger partial charge in [-0.2, -0.15) is 0 Å². The molecule has 0 spiro atoms. The number of hydrogen-bond donors (Lipinski definition) is 0. The van der Waals surface area contributed by atoms with Gasteiger partial charge in [-0.3, -0.25) is 9.69 Å². The largest absolute Gasteiger partial charge is 0.436 e. The average Bonchev–Trinajstić information content (AvgIpc) is 2.55. The number of carbonyl (C=O) groups excluding carboxylic acids is 1. The Kier molecular flexibility index (Phi) is 2.99. The standard InChI is InChI=1S/C16H14N2O2/c1-11(2)10-18-13-7-5-9-17-15(13)20-14-8-4-3-6-12(14)16(18)19/h3-9H,1,10H2,2H3. The van der Waals surface area contributed by atoms with Crippen molar-refractivity contribution >= 4 is 11.6 Å². The molecule has 1 aromatic carbocycles. The van der Waals surface area contributed by atoms with Crippen LogP contribution in [0.2, 0.25) is 0 Å². The zero-order valence-corrected chi connectivity index (χ0v) is 11.2. The highest BCUT2D eigenvalue weighted by atomic mass is 16.5. The van der Waals surface area contributed by atoms with Crippen molar-refractivity contribution < 1.29 is 9.53 Å². The summed E-state index contributed by atoms with van der Waals surface area (Å²) in [4.78, 5) is 18.6. The number of benzene rings is 1. The van der Waals surface area contributed by atoms with E-state index in [4.69, 9.17) is 4.74 Å². The smallest absolute Gasteiger partial charge is 0.262 e. The molecule has 0 saturated carbocycles. The van der Waals surface area contributed by atoms with E-state index in [1.54, 1.807) is 29.3 Å². The molecule has 4 heteroatoms. The van der Waals surface area contributed by atoms with E-state index in [2.05, 4.69) is 11.6 Å². The van der Waals surface area contributed by atoms with Crippen LogP contribution in [-0.2, 0) is 0 Å². The van der Waals surface area contributed by atoms with Crippen molar-refractivity contribution in [1.82, 2.24) is 4.98 Å². The van der Waals surface area contributed by atoms with Crippen molar-refractivity contribution in [3.8, 4) is 11.6 Å². The number of fused-ring (bicyclic) bond motifs is 2. The first kappa shape index (κ1) is 12.4. The van der Waals surface area contributed by atoms with Crippen LogP contribution in [0.3, 0.4) is 0 Å². The first-order chi connectivity index (χ1) is 9.66. The van der Waals surface area contributed by atoms with Crippen LogP contribution in [0.15, 0.2) is 54.7 Å². The maximum atomic E-state index is 12.7. The fraction of sp³-hybridized carbons (Fsp3) is 0.125. The van der Waals surface area contributed by atoms with Gasteiger partial charge in [0.05, 0.1) is 5.56 Å². The molecular weight excluding hydrogens is 252 g/mol. The summed E-state index contributed by atoms with van der Waals surface area (Å²) < 4.78 is 5.78. The minimum atomic E-state index is -0.102. The lowest BCUT2D eigenvalue weighted by molar-refractivity contribution is 0.0989. The van der Waals surface area contributed by atoms with Gasteiger partial charge in [-0.05, 0) is 31.2 Å². The molecule has 3 rings (SSSR count). The summed E-state index contributed by atoms with van der Waals surface area (Å²) in [7, 11) is 0. The molecule has 0 atom stereocenters. The first-order valence-electron chi connectivity index (χ1n) is 6.35. The molecule has 2 aromatic rings. The van der Waals surface area contributed by atoms with Crippen molar-refractivity contribution in [2.45, 2.75) is 6.92 Å². The molecule has 0 aliphatic carbocycles. The Bertz CT molecular complexity index is 694. The minimum absolute atomic E-state index is 0.102. The van der Waals surface area contributed by atoms with Crippen LogP contribution >= 0.6 is 0 Å². The number of amides is 1. The number of hydrogen-bond acceptors (Lipinski definition) is 3. The maximum Gasteiger partial charge on any atom is 0.262 e. The molecule has 0 saturated heterocycles. The third-order valence-electron chi connectivity index (χ3n) is 3.04. The molecule has 1 amide bonds. The van der Waals surface area contributed by atoms with Gasteiger partial charge in [0.25, 0.3) is 5.91 Å². The molecule has 100 valence electrons. The molecule has 2 heterocycles. The second-order valence-corrected chi connectivity index (χ2v) is 4.77. The van der Waals surface area contributed by atoms with Gasteiger partial charge in [0.1, 0.15) is 11.4 Å². The Morgan fingerprint density at radius 3 is 2.90 bits per heavy atom. The topological polar surface area (TPSA) is 42.4 Å². The third-order valence-corrected chi connectivity index (χ3v) is 3.04. The Morgan fingerprint density at radius 1 is 1.30 bits per heavy atom. The van der Waals surface area contributed by atoms with Crippen molar-refractivity contribution in [2.75, 3.05) is 11.4 Å². The summed E-state index contributed by atoms with van der Waals surface area (Å²) in [5.74, 6) is 0.865. The predicted molar refractivity (Wildman–Crippen MR) is 77.2 cm³/mol. The van der Waals surface area contributed by atoms with Crippen molar-refractivity contribution in [2.24, 2.45) is 0 Å². The molecule has 20 heavy (non-hydrogen) atoms. The van der Waals surface area contributed by atoms with E-state index in [1.165, 1.54) is 0 Å². The normalized spacial score (nSPS) is 13.1. The highest BCUT2D eigenvalue weighted by Crippen LogP contribution is 2.37. The summed E-state index contributed by atoms with van der Waals surface area (Å²) in [6.07, 6.45) is 1.65. The lowest BCUT2D eigenvalue weighted by atomic mass is 10.1. The van der Waals surface area contributed by atoms with Crippen LogP contribution in [0.5, 0.6) is 11.6 Å². The van der Waals surface area contributed by atoms with E-state index in [1.807, 2.05) is 25.1 Å². The first-order valence-corrected chi connectivity index (χ1v) is 6.35. The molecule has 0 fully saturated rings. The zero-order chi connectivity index (χ0) is 14.1. The number of ether oxygens (including phenoxy) is 1. The number of aromatic nitrogens is 1. The number of rotatable bonds is 2. The predicted octanol–water partition coefficient (Wildman–Crippen LogP) is 3.41. The summed E-state index contributed by atoms with van der Waals surface area (Å²) in [6, 6.07) is 10.8. The molecule has 0 N–H and O–H groups in total. The lowest BCUT2D eigenvalue weighted by Crippen LogP contribution is -2.31. The summed E-state index contributed by atoms with van der Waals surface area (Å²) in [5.41, 5.74) is 2.09. The quantitative estimate of drug-likeness (QED) is 0.782. The molecule has 0 radical (unpaired) electrons. The van der Waals surface area contributed by atoms with E-state index in [0.29, 0.717) is 29.4 Å². The van der Waals surface area contributed by atoms with E-state index in [9.17, 15) is 4.79 Å². The van der Waals surface area contributed by atoms with Gasteiger partial charge in [0.2, 0.25) is 5.88 Å². The van der Waals surface area contributed by atoms with Gasteiger partial charge in [-0.1, -0.05) is 24.3 Å². The van der Waals surface area contributed by atoms with Gasteiger partial charge >= 0.3 is 0 Å². The molecule has 4 nitrogen and oxygen atoms in total. The molecule has 1 aliphatic rings. The Morgan fingerprint density at radius 2 is 2.10 bits per heavy atom. The summed E-state index contributed by atoms with van der Waals surface area (Å²) in [6.45, 7) is 6.22. The second-order valence-electron chi connectivity index (χ2n) is 4.77. The van der Waals surface area contributed by atoms with E-state index >= 15 is 0 Å². The fourth-order valence-corrected chi connectivity index (χ4v) is 2.18. The highest BCUT2D eigenvalue weighted by molar-refractivity contribution is 6.09. The highest BCUT2D eigenvalue weighted by Gasteiger charge is 2.28. The molecule has 1 aliphatic heterocycles. The van der Waals surface area contributed by atoms with Crippen LogP contribution in [0.25, 0.3) is 0 Å². The third kappa shape index (κ3) is 2.05. The van der Waals surface area contributed by atoms with E-state index < -0.39 is 0 Å². The molecular formula is C16H14N2O2. The van der Waals surface area contributed by atoms with Crippen molar-refractivity contribution in [1.29, 1.82) is 0 Å². The second kappa shape index (κ2) is 4.81. The van der Waals surface area contributed by atoms with Crippen LogP contribution in [0.1, 0.15) is 17.3 Å². The van der Waals surface area contributed by atoms with Crippen LogP contribution in [-0.4, -0.2) is 17.4 Å². The van der Waals surface area contributed by atoms with Gasteiger partial charge in [-0.15, -0.1) is 0 Å². The molecule has 0 bridgehead atoms. The average molecular weight is 266 g/mol. The minimum Gasteiger partial charge on any atom is -0.436 e. The van der Waals surface area contributed by atoms with Gasteiger partial charge in [0.15, 0.2) is 0 Å². The van der Waals surface area contributed by atoms with Gasteiger partial charge < -0.3 is 4.74 Å². The maximum absolute atomic E-state index is 12.7. The van der Waals surface area contributed by atoms with Gasteiger partial charge in [-0.25, -0.2) is 4.98 Å². The monoisotopic (exact) mass is 266 g/mol. The summed E-state index contributed by atoms with van der Waals surface area (Å²) in [5, 5.41) is 0. The number of nitrogens with zero attached hydrogens (tertiary/aromatic N) is 2. The molecule has 1 aromatic heterocycles. The SMILES string of the molecule is C=C(C)CN1C(=O)c2ccccc2Oc2ncccc21. The Balaban J connectivity index is 2.19. The fourth-order valence-electron chi connectivity index (χ4n) is 2.18. The Labute approximate surface area is 117 Å². The van der Waals surface area contributed by atoms with Crippen LogP contribution < -0.4 is 9.64 Å². The van der Waals surface area contributed by atoms with E-state index in [0.717, 1.165) is 5.57 Å².